The summed E-state index contributed by atoms with van der Waals surface area (Å²) < 4.78 is 12.9. The first kappa shape index (κ1) is 73.9. The molecule has 0 aliphatic carbocycles. The Labute approximate surface area is 641 Å². The topological polar surface area (TPSA) is 299 Å². The highest BCUT2D eigenvalue weighted by Gasteiger charge is 2.33. The van der Waals surface area contributed by atoms with E-state index in [0.717, 1.165) is 50.6 Å². The second kappa shape index (κ2) is 33.8. The second-order valence-electron chi connectivity index (χ2n) is 25.2. The third kappa shape index (κ3) is 17.3. The molecule has 0 spiro atoms. The van der Waals surface area contributed by atoms with Crippen LogP contribution in [0.5, 0.6) is 11.5 Å². The van der Waals surface area contributed by atoms with Gasteiger partial charge in [-0.25, -0.2) is 29.5 Å². The number of amides is 4. The molecule has 4 aliphatic heterocycles. The van der Waals surface area contributed by atoms with Gasteiger partial charge in [-0.15, -0.1) is 0 Å². The van der Waals surface area contributed by atoms with Crippen molar-refractivity contribution < 1.29 is 38.6 Å². The molecule has 4 amide bonds. The van der Waals surface area contributed by atoms with Gasteiger partial charge in [0.05, 0.1) is 68.2 Å². The van der Waals surface area contributed by atoms with Crippen LogP contribution >= 0.6 is 23.2 Å². The van der Waals surface area contributed by atoms with Gasteiger partial charge in [-0.05, 0) is 169 Å². The lowest BCUT2D eigenvalue weighted by molar-refractivity contribution is 0.101. The van der Waals surface area contributed by atoms with Gasteiger partial charge in [0.15, 0.2) is 23.1 Å². The number of urea groups is 2. The number of imidazole rings is 4. The number of rotatable bonds is 17. The van der Waals surface area contributed by atoms with Gasteiger partial charge >= 0.3 is 12.1 Å². The van der Waals surface area contributed by atoms with Gasteiger partial charge in [0.1, 0.15) is 11.5 Å². The molecule has 4 unspecified atom stereocenters. The maximum Gasteiger partial charge on any atom is 0.319 e. The fraction of sp³-hybridized carbons (Fsp3) is 0.0714. The number of aryl methyl sites for hydroxylation is 1. The van der Waals surface area contributed by atoms with Crippen LogP contribution in [0.2, 0.25) is 10.0 Å². The third-order valence-corrected chi connectivity index (χ3v) is 18.6. The predicted octanol–water partition coefficient (Wildman–Crippen LogP) is 14.0. The predicted molar refractivity (Wildman–Crippen MR) is 418 cm³/mol. The molecule has 110 heavy (non-hydrogen) atoms. The zero-order valence-corrected chi connectivity index (χ0v) is 60.5. The lowest BCUT2D eigenvalue weighted by Crippen LogP contribution is -2.42. The van der Waals surface area contributed by atoms with Crippen LogP contribution in [-0.2, 0) is 0 Å². The first-order chi connectivity index (χ1) is 53.4. The van der Waals surface area contributed by atoms with E-state index in [-0.39, 0.29) is 53.0 Å². The number of halogens is 2. The standard InChI is InChI=1S/C21H17ClN4O2.C21H17ClN4O.C21H18N4O3.C21H18N4O2/c1-13-10-15(22)4-7-17(13)19-18(11-24-21(28)25-19)20(27)14-2-5-16(6-3-14)26-9-8-23-12-26;1-14-24-12-19(20(25-14)15-2-6-17(22)7-3-15)21(27)16-4-8-18(9-5-16)26-11-10-23-13-26;1-28-18-5-3-2-4-16(18)19-17(12-23-21(27)24-19)20(26)14-6-8-15(9-7-14)25-11-10-22-13-25;1-14-23-12-19(20(24-14)15-4-8-18(26)9-5-15)21(27)16-2-6-17(7-3-16)25-11-10-22-13-25/h2-12,19H,1H3,(H2,24,25,28);2-13,20,24-25H,1H2;2-13,19H,1H3,(H2,23,24,27);2-13,20,23-24,26H,1H2. The summed E-state index contributed by atoms with van der Waals surface area (Å²) in [4.78, 5) is 92.5. The van der Waals surface area contributed by atoms with Crippen LogP contribution in [0.4, 0.5) is 9.59 Å². The molecule has 0 radical (unpaired) electrons. The molecular weight excluding hydrogens is 1430 g/mol. The summed E-state index contributed by atoms with van der Waals surface area (Å²) in [5.41, 5.74) is 12.3. The second-order valence-corrected chi connectivity index (χ2v) is 26.0. The third-order valence-electron chi connectivity index (χ3n) is 18.2. The van der Waals surface area contributed by atoms with Gasteiger partial charge < -0.3 is 70.6 Å². The molecule has 4 aliphatic rings. The summed E-state index contributed by atoms with van der Waals surface area (Å²) in [6.07, 6.45) is 27.3. The van der Waals surface area contributed by atoms with Gasteiger partial charge in [-0.3, -0.25) is 19.2 Å². The fourth-order valence-electron chi connectivity index (χ4n) is 12.5. The lowest BCUT2D eigenvalue weighted by Gasteiger charge is -2.28. The van der Waals surface area contributed by atoms with E-state index in [1.165, 1.54) is 12.4 Å². The summed E-state index contributed by atoms with van der Waals surface area (Å²) in [6, 6.07) is 53.6. The van der Waals surface area contributed by atoms with Gasteiger partial charge in [0.25, 0.3) is 0 Å². The Morgan fingerprint density at radius 3 is 1.10 bits per heavy atom. The van der Waals surface area contributed by atoms with E-state index in [1.807, 2.05) is 165 Å². The van der Waals surface area contributed by atoms with Crippen LogP contribution in [0.3, 0.4) is 0 Å². The molecule has 548 valence electrons. The van der Waals surface area contributed by atoms with E-state index < -0.39 is 12.1 Å². The summed E-state index contributed by atoms with van der Waals surface area (Å²) in [7, 11) is 1.56. The largest absolute Gasteiger partial charge is 0.508 e. The average molecular weight is 1500 g/mol. The van der Waals surface area contributed by atoms with Crippen LogP contribution in [0.25, 0.3) is 22.7 Å². The van der Waals surface area contributed by atoms with E-state index in [1.54, 1.807) is 142 Å². The number of phenolic OH excluding ortho intramolecular Hbond substituents is 1. The van der Waals surface area contributed by atoms with E-state index >= 15 is 0 Å². The highest BCUT2D eigenvalue weighted by Crippen LogP contribution is 2.36. The Morgan fingerprint density at radius 1 is 0.409 bits per heavy atom. The first-order valence-electron chi connectivity index (χ1n) is 34.3. The molecule has 0 saturated heterocycles. The van der Waals surface area contributed by atoms with Crippen molar-refractivity contribution in [1.82, 2.24) is 80.7 Å². The number of hydrogen-bond acceptors (Lipinski definition) is 16. The smallest absolute Gasteiger partial charge is 0.319 e. The van der Waals surface area contributed by atoms with Crippen LogP contribution in [0.15, 0.2) is 335 Å². The first-order valence-corrected chi connectivity index (χ1v) is 35.0. The number of ether oxygens (including phenoxy) is 1. The molecule has 4 atom stereocenters. The normalized spacial score (nSPS) is 16.1. The number of aromatic hydroxyl groups is 1. The zero-order valence-electron chi connectivity index (χ0n) is 59.0. The quantitative estimate of drug-likeness (QED) is 0.0383. The van der Waals surface area contributed by atoms with Crippen LogP contribution in [0.1, 0.15) is 93.4 Å². The Bertz CT molecular complexity index is 5320. The molecule has 12 aromatic rings. The Kier molecular flexibility index (Phi) is 22.7. The maximum absolute atomic E-state index is 13.2. The van der Waals surface area contributed by atoms with Crippen molar-refractivity contribution in [3.05, 3.63) is 395 Å². The molecule has 8 aromatic carbocycles. The number of nitrogens with one attached hydrogen (secondary N) is 8. The molecule has 26 heteroatoms. The number of carbonyl (C=O) groups is 6. The minimum absolute atomic E-state index is 0.0559. The van der Waals surface area contributed by atoms with E-state index in [4.69, 9.17) is 27.9 Å². The van der Waals surface area contributed by atoms with Crippen molar-refractivity contribution >= 4 is 58.4 Å². The highest BCUT2D eigenvalue weighted by atomic mass is 35.5. The number of Topliss-reactive ketones (excluding diaryl/α,β-unsaturated/α-hetero) is 4. The van der Waals surface area contributed by atoms with Crippen molar-refractivity contribution in [2.75, 3.05) is 7.11 Å². The number of hydrogen-bond donors (Lipinski definition) is 9. The van der Waals surface area contributed by atoms with Crippen LogP contribution in [-0.4, -0.2) is 85.6 Å². The summed E-state index contributed by atoms with van der Waals surface area (Å²) in [5.74, 6) is 1.55. The Balaban J connectivity index is 0.000000129. The van der Waals surface area contributed by atoms with Gasteiger partial charge in [0, 0.05) is 157 Å². The number of phenols is 1. The summed E-state index contributed by atoms with van der Waals surface area (Å²) in [5, 5.41) is 34.0. The molecule has 0 bridgehead atoms. The van der Waals surface area contributed by atoms with Crippen LogP contribution in [0, 0.1) is 6.92 Å². The van der Waals surface area contributed by atoms with E-state index in [2.05, 4.69) is 75.6 Å². The molecule has 4 aromatic heterocycles. The van der Waals surface area contributed by atoms with Crippen LogP contribution < -0.4 is 47.3 Å². The number of carbonyl (C=O) groups excluding carboxylic acids is 6. The number of methoxy groups -OCH3 is 1. The molecule has 0 fully saturated rings. The Morgan fingerprint density at radius 2 is 0.745 bits per heavy atom. The molecule has 9 N–H and O–H groups in total. The number of benzene rings is 8. The molecular formula is C84H70Cl2N16O8. The van der Waals surface area contributed by atoms with Crippen molar-refractivity contribution in [3.63, 3.8) is 0 Å². The maximum atomic E-state index is 13.2. The SMILES string of the molecule is C=C1NC=C(C(=O)c2ccc(-n3ccnc3)cc2)C(c2ccc(Cl)cc2)N1.C=C1NC=C(C(=O)c2ccc(-n3ccnc3)cc2)C(c2ccc(O)cc2)N1.COc1ccccc1C1NC(=O)NC=C1C(=O)c1ccc(-n2ccnc2)cc1.Cc1cc(Cl)ccc1C1NC(=O)NC=C1C(=O)c1ccc(-n2ccnc2)cc1. The number of nitrogens with zero attached hydrogens (tertiary/aromatic N) is 8. The van der Waals surface area contributed by atoms with Crippen molar-refractivity contribution in [2.45, 2.75) is 31.1 Å². The fourth-order valence-corrected chi connectivity index (χ4v) is 12.8. The van der Waals surface area contributed by atoms with E-state index in [9.17, 15) is 33.9 Å². The monoisotopic (exact) mass is 1500 g/mol. The molecule has 8 heterocycles. The van der Waals surface area contributed by atoms with Crippen molar-refractivity contribution in [3.8, 4) is 34.2 Å². The Hall–Kier alpha value is -14.4. The number of aromatic nitrogens is 8. The highest BCUT2D eigenvalue weighted by molar-refractivity contribution is 6.31. The lowest BCUT2D eigenvalue weighted by atomic mass is 9.89. The van der Waals surface area contributed by atoms with Gasteiger partial charge in [0.2, 0.25) is 0 Å². The minimum atomic E-state index is -0.606. The number of para-hydroxylation sites is 1. The summed E-state index contributed by atoms with van der Waals surface area (Å²) in [6.45, 7) is 9.68. The molecule has 0 saturated carbocycles. The van der Waals surface area contributed by atoms with Crippen molar-refractivity contribution in [2.24, 2.45) is 0 Å². The average Bonchev–Trinajstić information content (AvgIpc) is 1.06. The van der Waals surface area contributed by atoms with Gasteiger partial charge in [-0.1, -0.05) is 84.9 Å². The minimum Gasteiger partial charge on any atom is -0.508 e. The van der Waals surface area contributed by atoms with E-state index in [0.29, 0.717) is 72.0 Å². The van der Waals surface area contributed by atoms with Crippen molar-refractivity contribution in [1.29, 1.82) is 0 Å². The van der Waals surface area contributed by atoms with Gasteiger partial charge in [-0.2, -0.15) is 0 Å². The number of ketones is 4. The molecule has 16 rings (SSSR count). The summed E-state index contributed by atoms with van der Waals surface area (Å²) >= 11 is 12.0. The molecule has 24 nitrogen and oxygen atoms in total. The zero-order chi connectivity index (χ0) is 76.8.